The normalized spacial score (nSPS) is 16.7. The molecule has 5 nitrogen and oxygen atoms in total. The van der Waals surface area contributed by atoms with Crippen molar-refractivity contribution >= 4 is 23.2 Å². The van der Waals surface area contributed by atoms with Gasteiger partial charge in [-0.1, -0.05) is 13.0 Å². The molecule has 1 saturated heterocycles. The van der Waals surface area contributed by atoms with Gasteiger partial charge in [0.05, 0.1) is 0 Å². The molecule has 0 aromatic heterocycles. The van der Waals surface area contributed by atoms with Crippen LogP contribution in [0, 0.1) is 5.92 Å². The second-order valence-electron chi connectivity index (χ2n) is 7.47. The number of benzene rings is 2. The molecule has 0 radical (unpaired) electrons. The van der Waals surface area contributed by atoms with Gasteiger partial charge in [0.25, 0.3) is 11.8 Å². The van der Waals surface area contributed by atoms with Crippen LogP contribution in [-0.4, -0.2) is 43.9 Å². The highest BCUT2D eigenvalue weighted by molar-refractivity contribution is 6.06. The molecule has 1 atom stereocenters. The Kier molecular flexibility index (Phi) is 5.79. The maximum Gasteiger partial charge on any atom is 0.255 e. The Hall–Kier alpha value is -2.82. The van der Waals surface area contributed by atoms with E-state index in [4.69, 9.17) is 0 Å². The van der Waals surface area contributed by atoms with Crippen molar-refractivity contribution in [2.24, 2.45) is 5.92 Å². The Morgan fingerprint density at radius 2 is 1.78 bits per heavy atom. The molecule has 2 amide bonds. The first-order valence-corrected chi connectivity index (χ1v) is 9.42. The molecule has 1 N–H and O–H groups in total. The van der Waals surface area contributed by atoms with Crippen molar-refractivity contribution in [3.63, 3.8) is 0 Å². The van der Waals surface area contributed by atoms with Gasteiger partial charge in [0, 0.05) is 49.7 Å². The van der Waals surface area contributed by atoms with Crippen LogP contribution in [0.3, 0.4) is 0 Å². The fourth-order valence-electron chi connectivity index (χ4n) is 3.40. The SMILES string of the molecule is CC1CCCN(C(=O)c2cccc(C(=O)Nc3ccc(N(C)C)cc3)c2)C1. The van der Waals surface area contributed by atoms with Gasteiger partial charge in [-0.3, -0.25) is 9.59 Å². The minimum absolute atomic E-state index is 0.00605. The maximum atomic E-state index is 12.8. The van der Waals surface area contributed by atoms with Crippen LogP contribution >= 0.6 is 0 Å². The van der Waals surface area contributed by atoms with Crippen LogP contribution in [-0.2, 0) is 0 Å². The Morgan fingerprint density at radius 1 is 1.07 bits per heavy atom. The van der Waals surface area contributed by atoms with Gasteiger partial charge < -0.3 is 15.1 Å². The van der Waals surface area contributed by atoms with Crippen LogP contribution in [0.4, 0.5) is 11.4 Å². The number of likely N-dealkylation sites (tertiary alicyclic amines) is 1. The first kappa shape index (κ1) is 19.0. The van der Waals surface area contributed by atoms with E-state index in [1.165, 1.54) is 6.42 Å². The number of hydrogen-bond acceptors (Lipinski definition) is 3. The van der Waals surface area contributed by atoms with Crippen LogP contribution < -0.4 is 10.2 Å². The van der Waals surface area contributed by atoms with Crippen molar-refractivity contribution in [1.82, 2.24) is 4.90 Å². The van der Waals surface area contributed by atoms with E-state index in [0.717, 1.165) is 30.9 Å². The monoisotopic (exact) mass is 365 g/mol. The summed E-state index contributed by atoms with van der Waals surface area (Å²) in [7, 11) is 3.94. The molecule has 0 bridgehead atoms. The van der Waals surface area contributed by atoms with Crippen LogP contribution in [0.25, 0.3) is 0 Å². The van der Waals surface area contributed by atoms with Gasteiger partial charge in [-0.25, -0.2) is 0 Å². The molecular weight excluding hydrogens is 338 g/mol. The molecule has 0 saturated carbocycles. The third-order valence-corrected chi connectivity index (χ3v) is 4.96. The Labute approximate surface area is 161 Å². The molecule has 0 spiro atoms. The van der Waals surface area contributed by atoms with Crippen molar-refractivity contribution in [2.75, 3.05) is 37.4 Å². The van der Waals surface area contributed by atoms with Gasteiger partial charge >= 0.3 is 0 Å². The molecular formula is C22H27N3O2. The van der Waals surface area contributed by atoms with E-state index in [1.54, 1.807) is 24.3 Å². The zero-order chi connectivity index (χ0) is 19.4. The number of piperidine rings is 1. The number of anilines is 2. The van der Waals surface area contributed by atoms with E-state index in [-0.39, 0.29) is 11.8 Å². The van der Waals surface area contributed by atoms with E-state index in [0.29, 0.717) is 17.0 Å². The number of carbonyl (C=O) groups is 2. The molecule has 2 aromatic rings. The first-order valence-electron chi connectivity index (χ1n) is 9.42. The Bertz CT molecular complexity index is 815. The Balaban J connectivity index is 1.70. The van der Waals surface area contributed by atoms with E-state index >= 15 is 0 Å². The predicted molar refractivity (Wildman–Crippen MR) is 109 cm³/mol. The lowest BCUT2D eigenvalue weighted by Crippen LogP contribution is -2.39. The van der Waals surface area contributed by atoms with Crippen LogP contribution in [0.5, 0.6) is 0 Å². The van der Waals surface area contributed by atoms with Crippen LogP contribution in [0.15, 0.2) is 48.5 Å². The van der Waals surface area contributed by atoms with Crippen molar-refractivity contribution in [2.45, 2.75) is 19.8 Å². The van der Waals surface area contributed by atoms with Gasteiger partial charge in [0.15, 0.2) is 0 Å². The van der Waals surface area contributed by atoms with E-state index in [1.807, 2.05) is 48.2 Å². The molecule has 27 heavy (non-hydrogen) atoms. The minimum Gasteiger partial charge on any atom is -0.378 e. The number of rotatable bonds is 4. The standard InChI is InChI=1S/C22H27N3O2/c1-16-6-5-13-25(15-16)22(27)18-8-4-7-17(14-18)21(26)23-19-9-11-20(12-10-19)24(2)3/h4,7-12,14,16H,5-6,13,15H2,1-3H3,(H,23,26). The fourth-order valence-corrected chi connectivity index (χ4v) is 3.40. The van der Waals surface area contributed by atoms with E-state index < -0.39 is 0 Å². The summed E-state index contributed by atoms with van der Waals surface area (Å²) in [6.45, 7) is 3.75. The summed E-state index contributed by atoms with van der Waals surface area (Å²) in [5.74, 6) is 0.320. The summed E-state index contributed by atoms with van der Waals surface area (Å²) in [4.78, 5) is 29.3. The molecule has 142 valence electrons. The summed E-state index contributed by atoms with van der Waals surface area (Å²) < 4.78 is 0. The number of nitrogens with zero attached hydrogens (tertiary/aromatic N) is 2. The zero-order valence-corrected chi connectivity index (χ0v) is 16.2. The lowest BCUT2D eigenvalue weighted by molar-refractivity contribution is 0.0683. The molecule has 5 heteroatoms. The van der Waals surface area contributed by atoms with Gasteiger partial charge in [-0.2, -0.15) is 0 Å². The second-order valence-corrected chi connectivity index (χ2v) is 7.47. The third kappa shape index (κ3) is 4.67. The third-order valence-electron chi connectivity index (χ3n) is 4.96. The molecule has 1 aliphatic heterocycles. The second kappa shape index (κ2) is 8.25. The number of amides is 2. The molecule has 1 unspecified atom stereocenters. The highest BCUT2D eigenvalue weighted by Crippen LogP contribution is 2.20. The largest absolute Gasteiger partial charge is 0.378 e. The molecule has 1 fully saturated rings. The maximum absolute atomic E-state index is 12.8. The van der Waals surface area contributed by atoms with Crippen molar-refractivity contribution in [3.05, 3.63) is 59.7 Å². The van der Waals surface area contributed by atoms with Gasteiger partial charge in [-0.05, 0) is 61.2 Å². The number of nitrogens with one attached hydrogen (secondary N) is 1. The first-order chi connectivity index (χ1) is 12.9. The number of carbonyl (C=O) groups excluding carboxylic acids is 2. The topological polar surface area (TPSA) is 52.7 Å². The number of hydrogen-bond donors (Lipinski definition) is 1. The van der Waals surface area contributed by atoms with Crippen LogP contribution in [0.1, 0.15) is 40.5 Å². The lowest BCUT2D eigenvalue weighted by Gasteiger charge is -2.31. The quantitative estimate of drug-likeness (QED) is 0.895. The molecule has 0 aliphatic carbocycles. The van der Waals surface area contributed by atoms with E-state index in [9.17, 15) is 9.59 Å². The smallest absolute Gasteiger partial charge is 0.255 e. The fraction of sp³-hybridized carbons (Fsp3) is 0.364. The predicted octanol–water partition coefficient (Wildman–Crippen LogP) is 3.88. The van der Waals surface area contributed by atoms with Gasteiger partial charge in [0.1, 0.15) is 0 Å². The zero-order valence-electron chi connectivity index (χ0n) is 16.2. The molecule has 1 heterocycles. The summed E-state index contributed by atoms with van der Waals surface area (Å²) in [6, 6.07) is 14.6. The van der Waals surface area contributed by atoms with Crippen molar-refractivity contribution < 1.29 is 9.59 Å². The average Bonchev–Trinajstić information content (AvgIpc) is 2.68. The lowest BCUT2D eigenvalue weighted by atomic mass is 9.99. The van der Waals surface area contributed by atoms with Crippen molar-refractivity contribution in [3.8, 4) is 0 Å². The molecule has 1 aliphatic rings. The Morgan fingerprint density at radius 3 is 2.44 bits per heavy atom. The van der Waals surface area contributed by atoms with Crippen molar-refractivity contribution in [1.29, 1.82) is 0 Å². The summed E-state index contributed by atoms with van der Waals surface area (Å²) in [5, 5.41) is 2.89. The molecule has 2 aromatic carbocycles. The van der Waals surface area contributed by atoms with Gasteiger partial charge in [-0.15, -0.1) is 0 Å². The summed E-state index contributed by atoms with van der Waals surface area (Å²) in [6.07, 6.45) is 2.20. The average molecular weight is 365 g/mol. The highest BCUT2D eigenvalue weighted by Gasteiger charge is 2.22. The van der Waals surface area contributed by atoms with Crippen LogP contribution in [0.2, 0.25) is 0 Å². The summed E-state index contributed by atoms with van der Waals surface area (Å²) in [5.41, 5.74) is 2.85. The van der Waals surface area contributed by atoms with Gasteiger partial charge in [0.2, 0.25) is 0 Å². The minimum atomic E-state index is -0.214. The molecule has 3 rings (SSSR count). The highest BCUT2D eigenvalue weighted by atomic mass is 16.2. The van der Waals surface area contributed by atoms with E-state index in [2.05, 4.69) is 12.2 Å². The summed E-state index contributed by atoms with van der Waals surface area (Å²) >= 11 is 0.